The van der Waals surface area contributed by atoms with Gasteiger partial charge in [-0.05, 0) is 37.8 Å². The SMILES string of the molecule is O=S(=O)(Cl)c1cc(Br)cc(Cl)c1OC1CCCCCC1. The topological polar surface area (TPSA) is 43.4 Å². The summed E-state index contributed by atoms with van der Waals surface area (Å²) >= 11 is 9.34. The van der Waals surface area contributed by atoms with E-state index in [1.54, 1.807) is 6.07 Å². The van der Waals surface area contributed by atoms with Gasteiger partial charge in [-0.15, -0.1) is 0 Å². The smallest absolute Gasteiger partial charge is 0.265 e. The predicted octanol–water partition coefficient (Wildman–Crippen LogP) is 5.13. The summed E-state index contributed by atoms with van der Waals surface area (Å²) < 4.78 is 29.8. The van der Waals surface area contributed by atoms with Gasteiger partial charge in [-0.1, -0.05) is 40.4 Å². The number of benzene rings is 1. The van der Waals surface area contributed by atoms with Crippen LogP contribution in [-0.4, -0.2) is 14.5 Å². The van der Waals surface area contributed by atoms with Crippen LogP contribution in [0.4, 0.5) is 0 Å². The van der Waals surface area contributed by atoms with Crippen molar-refractivity contribution >= 4 is 47.3 Å². The molecule has 0 spiro atoms. The molecule has 0 aromatic heterocycles. The Morgan fingerprint density at radius 3 is 2.30 bits per heavy atom. The van der Waals surface area contributed by atoms with Crippen molar-refractivity contribution in [1.82, 2.24) is 0 Å². The first-order chi connectivity index (χ1) is 9.38. The Kier molecular flexibility index (Phi) is 5.63. The lowest BCUT2D eigenvalue weighted by Gasteiger charge is -2.19. The molecule has 0 heterocycles. The Labute approximate surface area is 137 Å². The van der Waals surface area contributed by atoms with Crippen LogP contribution in [0.25, 0.3) is 0 Å². The normalized spacial score (nSPS) is 17.8. The van der Waals surface area contributed by atoms with Gasteiger partial charge in [0.2, 0.25) is 0 Å². The lowest BCUT2D eigenvalue weighted by molar-refractivity contribution is 0.179. The molecule has 1 aliphatic rings. The van der Waals surface area contributed by atoms with Crippen LogP contribution in [0, 0.1) is 0 Å². The quantitative estimate of drug-likeness (QED) is 0.520. The van der Waals surface area contributed by atoms with E-state index in [-0.39, 0.29) is 21.8 Å². The minimum absolute atomic E-state index is 0.00616. The van der Waals surface area contributed by atoms with Gasteiger partial charge in [0.1, 0.15) is 4.90 Å². The Morgan fingerprint density at radius 1 is 1.15 bits per heavy atom. The van der Waals surface area contributed by atoms with E-state index < -0.39 is 9.05 Å². The Morgan fingerprint density at radius 2 is 1.75 bits per heavy atom. The van der Waals surface area contributed by atoms with Gasteiger partial charge in [0, 0.05) is 15.2 Å². The van der Waals surface area contributed by atoms with Crippen molar-refractivity contribution in [2.24, 2.45) is 0 Å². The molecule has 3 nitrogen and oxygen atoms in total. The molecule has 7 heteroatoms. The standard InChI is InChI=1S/C13H15BrCl2O3S/c14-9-7-11(15)13(12(8-9)20(16,17)18)19-10-5-3-1-2-4-6-10/h7-8,10H,1-6H2. The van der Waals surface area contributed by atoms with E-state index in [1.165, 1.54) is 18.9 Å². The third-order valence-corrected chi connectivity index (χ3v) is 5.39. The van der Waals surface area contributed by atoms with Crippen LogP contribution in [-0.2, 0) is 9.05 Å². The summed E-state index contributed by atoms with van der Waals surface area (Å²) in [5, 5.41) is 0.253. The van der Waals surface area contributed by atoms with E-state index in [4.69, 9.17) is 27.0 Å². The molecule has 1 aromatic carbocycles. The Balaban J connectivity index is 2.34. The second-order valence-corrected chi connectivity index (χ2v) is 8.74. The molecule has 0 aliphatic heterocycles. The molecular weight excluding hydrogens is 387 g/mol. The zero-order valence-electron chi connectivity index (χ0n) is 10.7. The van der Waals surface area contributed by atoms with Crippen molar-refractivity contribution < 1.29 is 13.2 Å². The summed E-state index contributed by atoms with van der Waals surface area (Å²) in [6, 6.07) is 3.03. The first-order valence-electron chi connectivity index (χ1n) is 6.48. The maximum Gasteiger partial charge on any atom is 0.265 e. The zero-order chi connectivity index (χ0) is 14.8. The van der Waals surface area contributed by atoms with Crippen LogP contribution >= 0.6 is 38.2 Å². The van der Waals surface area contributed by atoms with Gasteiger partial charge in [-0.2, -0.15) is 0 Å². The molecule has 0 bridgehead atoms. The van der Waals surface area contributed by atoms with E-state index in [0.29, 0.717) is 4.47 Å². The minimum Gasteiger partial charge on any atom is -0.487 e. The Hall–Kier alpha value is 0.0300. The highest BCUT2D eigenvalue weighted by atomic mass is 79.9. The highest BCUT2D eigenvalue weighted by molar-refractivity contribution is 9.10. The molecule has 0 atom stereocenters. The number of ether oxygens (including phenoxy) is 1. The molecule has 0 radical (unpaired) electrons. The van der Waals surface area contributed by atoms with Crippen molar-refractivity contribution in [3.8, 4) is 5.75 Å². The van der Waals surface area contributed by atoms with Crippen LogP contribution in [0.1, 0.15) is 38.5 Å². The van der Waals surface area contributed by atoms with Gasteiger partial charge in [0.05, 0.1) is 11.1 Å². The lowest BCUT2D eigenvalue weighted by atomic mass is 10.1. The van der Waals surface area contributed by atoms with Crippen LogP contribution in [0.3, 0.4) is 0 Å². The van der Waals surface area contributed by atoms with Gasteiger partial charge in [0.15, 0.2) is 5.75 Å². The van der Waals surface area contributed by atoms with E-state index in [0.717, 1.165) is 25.7 Å². The number of hydrogen-bond acceptors (Lipinski definition) is 3. The van der Waals surface area contributed by atoms with E-state index in [1.807, 2.05) is 0 Å². The van der Waals surface area contributed by atoms with Crippen LogP contribution in [0.5, 0.6) is 5.75 Å². The molecule has 0 saturated heterocycles. The van der Waals surface area contributed by atoms with Crippen molar-refractivity contribution in [3.63, 3.8) is 0 Å². The van der Waals surface area contributed by atoms with Crippen molar-refractivity contribution in [2.45, 2.75) is 49.5 Å². The lowest BCUT2D eigenvalue weighted by Crippen LogP contribution is -2.16. The third-order valence-electron chi connectivity index (χ3n) is 3.32. The average molecular weight is 402 g/mol. The first kappa shape index (κ1) is 16.4. The second kappa shape index (κ2) is 6.86. The van der Waals surface area contributed by atoms with E-state index in [2.05, 4.69) is 15.9 Å². The number of hydrogen-bond donors (Lipinski definition) is 0. The number of rotatable bonds is 3. The largest absolute Gasteiger partial charge is 0.487 e. The highest BCUT2D eigenvalue weighted by Gasteiger charge is 2.24. The third kappa shape index (κ3) is 4.26. The van der Waals surface area contributed by atoms with Crippen molar-refractivity contribution in [2.75, 3.05) is 0 Å². The molecule has 1 aromatic rings. The van der Waals surface area contributed by atoms with Gasteiger partial charge >= 0.3 is 0 Å². The fourth-order valence-corrected chi connectivity index (χ4v) is 4.41. The van der Waals surface area contributed by atoms with E-state index >= 15 is 0 Å². The van der Waals surface area contributed by atoms with Crippen LogP contribution in [0.15, 0.2) is 21.5 Å². The van der Waals surface area contributed by atoms with Crippen molar-refractivity contribution in [3.05, 3.63) is 21.6 Å². The fourth-order valence-electron chi connectivity index (χ4n) is 2.36. The van der Waals surface area contributed by atoms with Gasteiger partial charge in [-0.3, -0.25) is 0 Å². The maximum atomic E-state index is 11.7. The van der Waals surface area contributed by atoms with Crippen LogP contribution in [0.2, 0.25) is 5.02 Å². The van der Waals surface area contributed by atoms with Crippen LogP contribution < -0.4 is 4.74 Å². The van der Waals surface area contributed by atoms with Gasteiger partial charge in [0.25, 0.3) is 9.05 Å². The van der Waals surface area contributed by atoms with Gasteiger partial charge < -0.3 is 4.74 Å². The monoisotopic (exact) mass is 400 g/mol. The molecule has 2 rings (SSSR count). The van der Waals surface area contributed by atoms with E-state index in [9.17, 15) is 8.42 Å². The maximum absolute atomic E-state index is 11.7. The summed E-state index contributed by atoms with van der Waals surface area (Å²) in [6.45, 7) is 0. The second-order valence-electron chi connectivity index (χ2n) is 4.88. The molecule has 0 amide bonds. The summed E-state index contributed by atoms with van der Waals surface area (Å²) in [7, 11) is 1.56. The molecule has 1 saturated carbocycles. The van der Waals surface area contributed by atoms with Crippen molar-refractivity contribution in [1.29, 1.82) is 0 Å². The first-order valence-corrected chi connectivity index (χ1v) is 9.96. The molecule has 20 heavy (non-hydrogen) atoms. The minimum atomic E-state index is -3.91. The molecule has 1 aliphatic carbocycles. The Bertz CT molecular complexity index is 582. The molecule has 0 N–H and O–H groups in total. The summed E-state index contributed by atoms with van der Waals surface area (Å²) in [5.41, 5.74) is 0. The molecule has 1 fully saturated rings. The predicted molar refractivity (Wildman–Crippen MR) is 84.3 cm³/mol. The molecule has 112 valence electrons. The summed E-state index contributed by atoms with van der Waals surface area (Å²) in [5.74, 6) is 0.164. The summed E-state index contributed by atoms with van der Waals surface area (Å²) in [4.78, 5) is -0.0808. The number of halogens is 3. The zero-order valence-corrected chi connectivity index (χ0v) is 14.7. The molecule has 0 unspecified atom stereocenters. The summed E-state index contributed by atoms with van der Waals surface area (Å²) in [6.07, 6.45) is 6.36. The average Bonchev–Trinajstić information content (AvgIpc) is 2.59. The molecular formula is C13H15BrCl2O3S. The fraction of sp³-hybridized carbons (Fsp3) is 0.538. The van der Waals surface area contributed by atoms with Gasteiger partial charge in [-0.25, -0.2) is 8.42 Å². The highest BCUT2D eigenvalue weighted by Crippen LogP contribution is 2.38.